The Balaban J connectivity index is 1.69. The SMILES string of the molecule is CC(C1=C(c2cc(F)cc(F)c2)Cc2ccccc2O1)n1cnc2c(N)ncnc21. The molecule has 0 spiro atoms. The summed E-state index contributed by atoms with van der Waals surface area (Å²) >= 11 is 0. The standard InChI is InChI=1S/C22H17F2N5O/c1-12(29-11-28-19-21(25)26-10-27-22(19)29)20-17(14-6-15(23)9-16(24)7-14)8-13-4-2-3-5-18(13)30-20/h2-7,9-12H,8H2,1H3,(H2,25,26,27). The van der Waals surface area contributed by atoms with Gasteiger partial charge in [0.15, 0.2) is 11.5 Å². The average molecular weight is 405 g/mol. The minimum Gasteiger partial charge on any atom is -0.459 e. The lowest BCUT2D eigenvalue weighted by molar-refractivity contribution is 0.349. The molecule has 0 fully saturated rings. The van der Waals surface area contributed by atoms with Gasteiger partial charge in [0, 0.05) is 18.1 Å². The molecular formula is C22H17F2N5O. The van der Waals surface area contributed by atoms with Crippen LogP contribution in [0.25, 0.3) is 16.7 Å². The van der Waals surface area contributed by atoms with Crippen LogP contribution in [0.1, 0.15) is 24.1 Å². The molecule has 0 bridgehead atoms. The molecule has 1 aliphatic heterocycles. The highest BCUT2D eigenvalue weighted by atomic mass is 19.1. The number of nitrogen functional groups attached to an aromatic ring is 1. The molecule has 2 aromatic heterocycles. The van der Waals surface area contributed by atoms with E-state index in [1.807, 2.05) is 35.8 Å². The van der Waals surface area contributed by atoms with Gasteiger partial charge >= 0.3 is 0 Å². The van der Waals surface area contributed by atoms with Crippen molar-refractivity contribution in [3.05, 3.63) is 83.6 Å². The number of halogens is 2. The lowest BCUT2D eigenvalue weighted by Crippen LogP contribution is -2.19. The topological polar surface area (TPSA) is 78.9 Å². The van der Waals surface area contributed by atoms with Gasteiger partial charge in [0.2, 0.25) is 0 Å². The second-order valence-electron chi connectivity index (χ2n) is 7.15. The minimum atomic E-state index is -0.642. The van der Waals surface area contributed by atoms with Crippen molar-refractivity contribution in [3.8, 4) is 5.75 Å². The smallest absolute Gasteiger partial charge is 0.166 e. The monoisotopic (exact) mass is 405 g/mol. The van der Waals surface area contributed by atoms with E-state index in [1.54, 1.807) is 6.33 Å². The van der Waals surface area contributed by atoms with Gasteiger partial charge in [-0.05, 0) is 36.2 Å². The molecule has 0 aliphatic carbocycles. The van der Waals surface area contributed by atoms with E-state index in [-0.39, 0.29) is 11.9 Å². The normalized spacial score (nSPS) is 14.5. The summed E-state index contributed by atoms with van der Waals surface area (Å²) in [5.74, 6) is 0.268. The Morgan fingerprint density at radius 2 is 1.83 bits per heavy atom. The zero-order chi connectivity index (χ0) is 20.8. The number of aromatic nitrogens is 4. The molecule has 30 heavy (non-hydrogen) atoms. The number of allylic oxidation sites excluding steroid dienone is 2. The molecule has 0 radical (unpaired) electrons. The van der Waals surface area contributed by atoms with Crippen molar-refractivity contribution >= 4 is 22.6 Å². The maximum atomic E-state index is 14.0. The van der Waals surface area contributed by atoms with Crippen molar-refractivity contribution in [1.29, 1.82) is 0 Å². The highest BCUT2D eigenvalue weighted by Crippen LogP contribution is 2.40. The zero-order valence-electron chi connectivity index (χ0n) is 16.0. The first-order chi connectivity index (χ1) is 14.5. The van der Waals surface area contributed by atoms with Crippen LogP contribution in [0.5, 0.6) is 5.75 Å². The lowest BCUT2D eigenvalue weighted by atomic mass is 9.92. The summed E-state index contributed by atoms with van der Waals surface area (Å²) in [6.45, 7) is 1.92. The van der Waals surface area contributed by atoms with Crippen LogP contribution in [-0.4, -0.2) is 19.5 Å². The molecule has 1 unspecified atom stereocenters. The van der Waals surface area contributed by atoms with Gasteiger partial charge in [-0.15, -0.1) is 0 Å². The quantitative estimate of drug-likeness (QED) is 0.550. The van der Waals surface area contributed by atoms with Crippen molar-refractivity contribution < 1.29 is 13.5 Å². The number of nitrogens with two attached hydrogens (primary N) is 1. The third kappa shape index (κ3) is 2.97. The molecule has 8 heteroatoms. The van der Waals surface area contributed by atoms with Gasteiger partial charge in [-0.25, -0.2) is 23.7 Å². The maximum absolute atomic E-state index is 14.0. The van der Waals surface area contributed by atoms with Crippen LogP contribution in [0, 0.1) is 11.6 Å². The first kappa shape index (κ1) is 18.2. The van der Waals surface area contributed by atoms with Crippen molar-refractivity contribution in [2.24, 2.45) is 0 Å². The van der Waals surface area contributed by atoms with E-state index in [1.165, 1.54) is 18.5 Å². The summed E-state index contributed by atoms with van der Waals surface area (Å²) in [5, 5.41) is 0. The fraction of sp³-hybridized carbons (Fsp3) is 0.136. The molecular weight excluding hydrogens is 388 g/mol. The summed E-state index contributed by atoms with van der Waals surface area (Å²) in [7, 11) is 0. The van der Waals surface area contributed by atoms with Gasteiger partial charge < -0.3 is 15.0 Å². The molecule has 0 saturated carbocycles. The van der Waals surface area contributed by atoms with Crippen LogP contribution in [-0.2, 0) is 6.42 Å². The molecule has 2 aromatic carbocycles. The number of anilines is 1. The molecule has 150 valence electrons. The predicted molar refractivity (Wildman–Crippen MR) is 108 cm³/mol. The molecule has 0 saturated heterocycles. The van der Waals surface area contributed by atoms with E-state index in [0.717, 1.165) is 11.6 Å². The van der Waals surface area contributed by atoms with E-state index in [2.05, 4.69) is 15.0 Å². The Morgan fingerprint density at radius 1 is 1.07 bits per heavy atom. The molecule has 0 amide bonds. The van der Waals surface area contributed by atoms with Crippen molar-refractivity contribution in [2.75, 3.05) is 5.73 Å². The predicted octanol–water partition coefficient (Wildman–Crippen LogP) is 4.29. The highest BCUT2D eigenvalue weighted by molar-refractivity contribution is 5.81. The summed E-state index contributed by atoms with van der Waals surface area (Å²) in [6.07, 6.45) is 3.46. The van der Waals surface area contributed by atoms with Crippen LogP contribution < -0.4 is 10.5 Å². The molecule has 5 rings (SSSR count). The second-order valence-corrected chi connectivity index (χ2v) is 7.15. The van der Waals surface area contributed by atoms with E-state index >= 15 is 0 Å². The van der Waals surface area contributed by atoms with Crippen LogP contribution >= 0.6 is 0 Å². The first-order valence-corrected chi connectivity index (χ1v) is 9.39. The molecule has 3 heterocycles. The Bertz CT molecular complexity index is 1290. The van der Waals surface area contributed by atoms with Crippen LogP contribution in [0.3, 0.4) is 0 Å². The van der Waals surface area contributed by atoms with Gasteiger partial charge in [0.1, 0.15) is 35.0 Å². The van der Waals surface area contributed by atoms with Gasteiger partial charge in [-0.1, -0.05) is 18.2 Å². The van der Waals surface area contributed by atoms with Gasteiger partial charge in [0.25, 0.3) is 0 Å². The van der Waals surface area contributed by atoms with Crippen molar-refractivity contribution in [3.63, 3.8) is 0 Å². The van der Waals surface area contributed by atoms with Gasteiger partial charge in [-0.2, -0.15) is 0 Å². The number of imidazole rings is 1. The Labute approximate surface area is 170 Å². The molecule has 1 atom stereocenters. The van der Waals surface area contributed by atoms with E-state index in [9.17, 15) is 8.78 Å². The third-order valence-corrected chi connectivity index (χ3v) is 5.25. The van der Waals surface area contributed by atoms with Crippen LogP contribution in [0.15, 0.2) is 60.9 Å². The van der Waals surface area contributed by atoms with Gasteiger partial charge in [-0.3, -0.25) is 0 Å². The Morgan fingerprint density at radius 3 is 2.63 bits per heavy atom. The number of hydrogen-bond acceptors (Lipinski definition) is 5. The number of benzene rings is 2. The number of rotatable bonds is 3. The second kappa shape index (κ2) is 6.91. The first-order valence-electron chi connectivity index (χ1n) is 9.39. The largest absolute Gasteiger partial charge is 0.459 e. The maximum Gasteiger partial charge on any atom is 0.166 e. The fourth-order valence-electron chi connectivity index (χ4n) is 3.80. The van der Waals surface area contributed by atoms with Crippen LogP contribution in [0.2, 0.25) is 0 Å². The van der Waals surface area contributed by atoms with Crippen molar-refractivity contribution in [2.45, 2.75) is 19.4 Å². The van der Waals surface area contributed by atoms with E-state index < -0.39 is 11.6 Å². The summed E-state index contributed by atoms with van der Waals surface area (Å²) in [6, 6.07) is 10.7. The van der Waals surface area contributed by atoms with E-state index in [4.69, 9.17) is 10.5 Å². The molecule has 4 aromatic rings. The Hall–Kier alpha value is -3.81. The van der Waals surface area contributed by atoms with E-state index in [0.29, 0.717) is 40.2 Å². The molecule has 2 N–H and O–H groups in total. The zero-order valence-corrected chi connectivity index (χ0v) is 16.0. The number of nitrogens with zero attached hydrogens (tertiary/aromatic N) is 4. The Kier molecular flexibility index (Phi) is 4.20. The lowest BCUT2D eigenvalue weighted by Gasteiger charge is -2.28. The number of fused-ring (bicyclic) bond motifs is 2. The highest BCUT2D eigenvalue weighted by Gasteiger charge is 2.27. The summed E-state index contributed by atoms with van der Waals surface area (Å²) < 4.78 is 36.0. The minimum absolute atomic E-state index is 0.280. The summed E-state index contributed by atoms with van der Waals surface area (Å²) in [5.41, 5.74) is 9.02. The van der Waals surface area contributed by atoms with Crippen molar-refractivity contribution in [1.82, 2.24) is 19.5 Å². The fourth-order valence-corrected chi connectivity index (χ4v) is 3.80. The number of ether oxygens (including phenoxy) is 1. The van der Waals surface area contributed by atoms with Crippen LogP contribution in [0.4, 0.5) is 14.6 Å². The summed E-state index contributed by atoms with van der Waals surface area (Å²) in [4.78, 5) is 12.6. The molecule has 6 nitrogen and oxygen atoms in total. The molecule has 1 aliphatic rings. The third-order valence-electron chi connectivity index (χ3n) is 5.25. The average Bonchev–Trinajstić information content (AvgIpc) is 3.17. The number of para-hydroxylation sites is 1. The number of hydrogen-bond donors (Lipinski definition) is 1. The van der Waals surface area contributed by atoms with Gasteiger partial charge in [0.05, 0.1) is 12.4 Å².